The average molecular weight is 413 g/mol. The third-order valence-electron chi connectivity index (χ3n) is 5.06. The molecule has 1 atom stereocenters. The Bertz CT molecular complexity index is 953. The van der Waals surface area contributed by atoms with E-state index in [1.165, 1.54) is 18.1 Å². The second-order valence-corrected chi connectivity index (χ2v) is 7.10. The van der Waals surface area contributed by atoms with E-state index in [9.17, 15) is 26.7 Å². The predicted molar refractivity (Wildman–Crippen MR) is 94.0 cm³/mol. The molecular formula is C19H16F5N3O2. The molecule has 0 aliphatic carbocycles. The standard InChI is InChI=1S/C19H16F5N3O2/c1-29-11-5-13(21)17(14(22)6-11)10-4-16(28)27(7-10)18-12(20)2-3-15(25-18)26-8-19(23,24)9-26/h2-3,5-6,10H,4,7-9H2,1H3. The van der Waals surface area contributed by atoms with Gasteiger partial charge in [0, 0.05) is 36.6 Å². The number of rotatable bonds is 4. The third kappa shape index (κ3) is 3.47. The summed E-state index contributed by atoms with van der Waals surface area (Å²) in [5, 5.41) is 0. The highest BCUT2D eigenvalue weighted by molar-refractivity contribution is 5.96. The Balaban J connectivity index is 1.61. The van der Waals surface area contributed by atoms with Gasteiger partial charge in [-0.25, -0.2) is 26.9 Å². The predicted octanol–water partition coefficient (Wildman–Crippen LogP) is 3.48. The number of carbonyl (C=O) groups is 1. The van der Waals surface area contributed by atoms with Crippen molar-refractivity contribution in [3.63, 3.8) is 0 Å². The lowest BCUT2D eigenvalue weighted by molar-refractivity contribution is -0.117. The number of pyridine rings is 1. The van der Waals surface area contributed by atoms with E-state index in [0.29, 0.717) is 0 Å². The highest BCUT2D eigenvalue weighted by Crippen LogP contribution is 2.37. The van der Waals surface area contributed by atoms with Crippen molar-refractivity contribution < 1.29 is 31.5 Å². The van der Waals surface area contributed by atoms with Crippen LogP contribution in [0.15, 0.2) is 24.3 Å². The van der Waals surface area contributed by atoms with Crippen molar-refractivity contribution in [2.24, 2.45) is 0 Å². The number of hydrogen-bond acceptors (Lipinski definition) is 4. The number of hydrogen-bond donors (Lipinski definition) is 0. The van der Waals surface area contributed by atoms with E-state index in [0.717, 1.165) is 23.1 Å². The molecule has 0 saturated carbocycles. The molecule has 5 nitrogen and oxygen atoms in total. The quantitative estimate of drug-likeness (QED) is 0.720. The highest BCUT2D eigenvalue weighted by Gasteiger charge is 2.45. The molecule has 3 heterocycles. The van der Waals surface area contributed by atoms with Gasteiger partial charge < -0.3 is 9.64 Å². The van der Waals surface area contributed by atoms with Crippen molar-refractivity contribution in [1.82, 2.24) is 4.98 Å². The minimum absolute atomic E-state index is 0.00306. The van der Waals surface area contributed by atoms with Gasteiger partial charge in [0.25, 0.3) is 5.92 Å². The number of methoxy groups -OCH3 is 1. The number of amides is 1. The van der Waals surface area contributed by atoms with Crippen LogP contribution in [-0.4, -0.2) is 43.6 Å². The molecule has 10 heteroatoms. The molecule has 2 saturated heterocycles. The molecule has 1 amide bonds. The fourth-order valence-corrected chi connectivity index (χ4v) is 3.64. The Hall–Kier alpha value is -2.91. The summed E-state index contributed by atoms with van der Waals surface area (Å²) in [6.45, 7) is -1.30. The molecule has 2 aliphatic rings. The Morgan fingerprint density at radius 1 is 1.10 bits per heavy atom. The van der Waals surface area contributed by atoms with Crippen molar-refractivity contribution in [1.29, 1.82) is 0 Å². The van der Waals surface area contributed by atoms with E-state index < -0.39 is 48.3 Å². The summed E-state index contributed by atoms with van der Waals surface area (Å²) in [4.78, 5) is 18.7. The topological polar surface area (TPSA) is 45.7 Å². The summed E-state index contributed by atoms with van der Waals surface area (Å²) in [5.74, 6) is -7.08. The number of alkyl halides is 2. The number of anilines is 2. The van der Waals surface area contributed by atoms with Crippen molar-refractivity contribution in [3.8, 4) is 5.75 Å². The van der Waals surface area contributed by atoms with Crippen LogP contribution in [0, 0.1) is 17.5 Å². The van der Waals surface area contributed by atoms with Crippen LogP contribution in [0.1, 0.15) is 17.9 Å². The number of ether oxygens (including phenoxy) is 1. The van der Waals surface area contributed by atoms with Crippen LogP contribution in [0.2, 0.25) is 0 Å². The SMILES string of the molecule is COc1cc(F)c(C2CC(=O)N(c3nc(N4CC(F)(F)C4)ccc3F)C2)c(F)c1. The van der Waals surface area contributed by atoms with Crippen LogP contribution >= 0.6 is 0 Å². The number of carbonyl (C=O) groups excluding carboxylic acids is 1. The summed E-state index contributed by atoms with van der Waals surface area (Å²) in [5.41, 5.74) is -0.291. The van der Waals surface area contributed by atoms with Crippen LogP contribution < -0.4 is 14.5 Å². The maximum atomic E-state index is 14.4. The number of benzene rings is 1. The number of halogens is 5. The first kappa shape index (κ1) is 19.4. The van der Waals surface area contributed by atoms with Crippen molar-refractivity contribution in [2.75, 3.05) is 36.5 Å². The zero-order valence-corrected chi connectivity index (χ0v) is 15.3. The smallest absolute Gasteiger partial charge is 0.282 e. The molecule has 0 radical (unpaired) electrons. The van der Waals surface area contributed by atoms with Gasteiger partial charge in [0.05, 0.1) is 20.2 Å². The van der Waals surface area contributed by atoms with Crippen LogP contribution in [0.4, 0.5) is 33.6 Å². The monoisotopic (exact) mass is 413 g/mol. The Labute approximate surface area is 162 Å². The first-order valence-corrected chi connectivity index (χ1v) is 8.81. The molecule has 1 aromatic carbocycles. The van der Waals surface area contributed by atoms with Crippen molar-refractivity contribution >= 4 is 17.5 Å². The second-order valence-electron chi connectivity index (χ2n) is 7.10. The Morgan fingerprint density at radius 3 is 2.34 bits per heavy atom. The molecule has 0 bridgehead atoms. The molecule has 2 fully saturated rings. The average Bonchev–Trinajstić information content (AvgIpc) is 3.00. The summed E-state index contributed by atoms with van der Waals surface area (Å²) in [6.07, 6.45) is -0.243. The van der Waals surface area contributed by atoms with Gasteiger partial charge in [-0.1, -0.05) is 0 Å². The zero-order valence-electron chi connectivity index (χ0n) is 15.3. The maximum Gasteiger partial charge on any atom is 0.282 e. The van der Waals surface area contributed by atoms with E-state index in [2.05, 4.69) is 4.98 Å². The fourth-order valence-electron chi connectivity index (χ4n) is 3.64. The van der Waals surface area contributed by atoms with Gasteiger partial charge in [-0.15, -0.1) is 0 Å². The van der Waals surface area contributed by atoms with Gasteiger partial charge in [0.1, 0.15) is 23.2 Å². The lowest BCUT2D eigenvalue weighted by Crippen LogP contribution is -2.56. The molecule has 29 heavy (non-hydrogen) atoms. The van der Waals surface area contributed by atoms with E-state index >= 15 is 0 Å². The molecule has 154 valence electrons. The van der Waals surface area contributed by atoms with Gasteiger partial charge in [-0.2, -0.15) is 0 Å². The van der Waals surface area contributed by atoms with Crippen LogP contribution in [0.5, 0.6) is 5.75 Å². The van der Waals surface area contributed by atoms with E-state index in [1.807, 2.05) is 0 Å². The van der Waals surface area contributed by atoms with Crippen LogP contribution in [0.3, 0.4) is 0 Å². The highest BCUT2D eigenvalue weighted by atomic mass is 19.3. The summed E-state index contributed by atoms with van der Waals surface area (Å²) < 4.78 is 74.1. The minimum atomic E-state index is -2.84. The van der Waals surface area contributed by atoms with E-state index in [1.54, 1.807) is 0 Å². The first-order chi connectivity index (χ1) is 13.7. The fraction of sp³-hybridized carbons (Fsp3) is 0.368. The van der Waals surface area contributed by atoms with Crippen molar-refractivity contribution in [3.05, 3.63) is 47.3 Å². The Morgan fingerprint density at radius 2 is 1.76 bits per heavy atom. The lowest BCUT2D eigenvalue weighted by Gasteiger charge is -2.39. The molecule has 0 N–H and O–H groups in total. The molecular weight excluding hydrogens is 397 g/mol. The second kappa shape index (κ2) is 6.85. The summed E-state index contributed by atoms with van der Waals surface area (Å²) in [6, 6.07) is 4.29. The van der Waals surface area contributed by atoms with Gasteiger partial charge in [0.15, 0.2) is 11.6 Å². The Kier molecular flexibility index (Phi) is 4.59. The zero-order chi connectivity index (χ0) is 20.9. The summed E-state index contributed by atoms with van der Waals surface area (Å²) in [7, 11) is 1.27. The number of nitrogens with zero attached hydrogens (tertiary/aromatic N) is 3. The van der Waals surface area contributed by atoms with Gasteiger partial charge >= 0.3 is 0 Å². The molecule has 1 aromatic heterocycles. The van der Waals surface area contributed by atoms with Crippen LogP contribution in [0.25, 0.3) is 0 Å². The molecule has 1 unspecified atom stereocenters. The normalized spacial score (nSPS) is 20.8. The molecule has 2 aliphatic heterocycles. The van der Waals surface area contributed by atoms with E-state index in [4.69, 9.17) is 4.74 Å². The lowest BCUT2D eigenvalue weighted by atomic mass is 9.97. The van der Waals surface area contributed by atoms with Gasteiger partial charge in [0.2, 0.25) is 5.91 Å². The number of aromatic nitrogens is 1. The van der Waals surface area contributed by atoms with E-state index in [-0.39, 0.29) is 35.9 Å². The largest absolute Gasteiger partial charge is 0.497 e. The van der Waals surface area contributed by atoms with Crippen molar-refractivity contribution in [2.45, 2.75) is 18.3 Å². The minimum Gasteiger partial charge on any atom is -0.497 e. The third-order valence-corrected chi connectivity index (χ3v) is 5.06. The van der Waals surface area contributed by atoms with Gasteiger partial charge in [-0.3, -0.25) is 9.69 Å². The first-order valence-electron chi connectivity index (χ1n) is 8.81. The summed E-state index contributed by atoms with van der Waals surface area (Å²) >= 11 is 0. The van der Waals surface area contributed by atoms with Crippen LogP contribution in [-0.2, 0) is 4.79 Å². The molecule has 2 aromatic rings. The molecule has 0 spiro atoms. The van der Waals surface area contributed by atoms with Gasteiger partial charge in [-0.05, 0) is 12.1 Å². The maximum absolute atomic E-state index is 14.4. The molecule has 4 rings (SSSR count).